The van der Waals surface area contributed by atoms with Gasteiger partial charge in [0.05, 0.1) is 6.61 Å². The smallest absolute Gasteiger partial charge is 0.306 e. The zero-order chi connectivity index (χ0) is 37.1. The van der Waals surface area contributed by atoms with Gasteiger partial charge in [-0.05, 0) is 51.4 Å². The molecule has 0 aromatic heterocycles. The van der Waals surface area contributed by atoms with Crippen molar-refractivity contribution < 1.29 is 24.2 Å². The largest absolute Gasteiger partial charge is 0.462 e. The van der Waals surface area contributed by atoms with Crippen molar-refractivity contribution in [2.45, 2.75) is 206 Å². The first-order valence-electron chi connectivity index (χ1n) is 21.3. The van der Waals surface area contributed by atoms with E-state index in [0.29, 0.717) is 12.8 Å². The summed E-state index contributed by atoms with van der Waals surface area (Å²) < 4.78 is 10.6. The van der Waals surface area contributed by atoms with Gasteiger partial charge in [0.25, 0.3) is 0 Å². The number of hydrogen-bond acceptors (Lipinski definition) is 5. The minimum Gasteiger partial charge on any atom is -0.462 e. The average molecular weight is 713 g/mol. The van der Waals surface area contributed by atoms with Crippen molar-refractivity contribution in [2.24, 2.45) is 0 Å². The van der Waals surface area contributed by atoms with Crippen molar-refractivity contribution in [3.63, 3.8) is 0 Å². The summed E-state index contributed by atoms with van der Waals surface area (Å²) >= 11 is 0. The summed E-state index contributed by atoms with van der Waals surface area (Å²) in [6.07, 6.45) is 54.4. The van der Waals surface area contributed by atoms with Gasteiger partial charge in [0, 0.05) is 12.8 Å². The van der Waals surface area contributed by atoms with Crippen molar-refractivity contribution in [3.8, 4) is 0 Å². The molecular weight excluding hydrogens is 633 g/mol. The van der Waals surface area contributed by atoms with Crippen LogP contribution in [0.1, 0.15) is 200 Å². The van der Waals surface area contributed by atoms with Gasteiger partial charge in [-0.3, -0.25) is 9.59 Å². The van der Waals surface area contributed by atoms with E-state index in [1.54, 1.807) is 0 Å². The van der Waals surface area contributed by atoms with Crippen LogP contribution in [0.25, 0.3) is 0 Å². The summed E-state index contributed by atoms with van der Waals surface area (Å²) in [5.41, 5.74) is 0. The Hall–Kier alpha value is -2.40. The lowest BCUT2D eigenvalue weighted by molar-refractivity contribution is -0.161. The Morgan fingerprint density at radius 3 is 1.25 bits per heavy atom. The Balaban J connectivity index is 3.60. The minimum absolute atomic E-state index is 0.0883. The molecule has 0 aromatic rings. The molecule has 5 heteroatoms. The van der Waals surface area contributed by atoms with Crippen molar-refractivity contribution in [1.82, 2.24) is 0 Å². The van der Waals surface area contributed by atoms with Gasteiger partial charge in [-0.15, -0.1) is 0 Å². The number of esters is 2. The van der Waals surface area contributed by atoms with E-state index >= 15 is 0 Å². The van der Waals surface area contributed by atoms with Gasteiger partial charge in [-0.25, -0.2) is 0 Å². The zero-order valence-corrected chi connectivity index (χ0v) is 33.4. The van der Waals surface area contributed by atoms with Gasteiger partial charge >= 0.3 is 11.9 Å². The molecule has 0 radical (unpaired) electrons. The van der Waals surface area contributed by atoms with Crippen molar-refractivity contribution in [1.29, 1.82) is 0 Å². The summed E-state index contributed by atoms with van der Waals surface area (Å²) in [6, 6.07) is 0. The van der Waals surface area contributed by atoms with Gasteiger partial charge in [0.1, 0.15) is 6.61 Å². The van der Waals surface area contributed by atoms with Crippen LogP contribution in [0.2, 0.25) is 0 Å². The molecule has 51 heavy (non-hydrogen) atoms. The molecule has 0 unspecified atom stereocenters. The number of aliphatic hydroxyl groups excluding tert-OH is 1. The summed E-state index contributed by atoms with van der Waals surface area (Å²) in [5.74, 6) is -0.656. The van der Waals surface area contributed by atoms with E-state index in [1.807, 2.05) is 0 Å². The number of rotatable bonds is 38. The molecule has 0 fully saturated rings. The van der Waals surface area contributed by atoms with Crippen LogP contribution in [0.4, 0.5) is 0 Å². The van der Waals surface area contributed by atoms with E-state index < -0.39 is 6.10 Å². The Morgan fingerprint density at radius 2 is 0.843 bits per heavy atom. The maximum absolute atomic E-state index is 12.2. The Bertz CT molecular complexity index is 899. The standard InChI is InChI=1S/C46H80O5/c1-3-5-7-9-11-13-15-17-19-21-22-23-25-26-28-30-32-34-36-38-40-45(48)50-43-44(42-47)51-46(49)41-39-37-35-33-31-29-27-24-20-18-16-14-12-10-8-6-4-2/h6,8,12,14,18,20,27,29,33,35,44,47H,3-5,7,9-11,13,15-17,19,21-26,28,30-32,34,36-43H2,1-2H3/b8-6+,14-12+,20-18+,29-27+,35-33+/t44-/m0/s1. The lowest BCUT2D eigenvalue weighted by Crippen LogP contribution is -2.28. The highest BCUT2D eigenvalue weighted by molar-refractivity contribution is 5.70. The monoisotopic (exact) mass is 713 g/mol. The molecule has 1 atom stereocenters. The SMILES string of the molecule is CC/C=C/C/C=C/C/C=C/C/C=C/C/C=C/CCCC(=O)O[C@@H](CO)COC(=O)CCCCCCCCCCCCCCCCCCCCCC. The molecule has 0 aromatic carbocycles. The van der Waals surface area contributed by atoms with Crippen LogP contribution in [-0.2, 0) is 19.1 Å². The topological polar surface area (TPSA) is 72.8 Å². The van der Waals surface area contributed by atoms with Gasteiger partial charge < -0.3 is 14.6 Å². The Labute approximate surface area is 315 Å². The first-order valence-corrected chi connectivity index (χ1v) is 21.3. The fraction of sp³-hybridized carbons (Fsp3) is 0.739. The molecule has 0 heterocycles. The molecule has 5 nitrogen and oxygen atoms in total. The molecule has 0 aliphatic heterocycles. The molecule has 0 amide bonds. The van der Waals surface area contributed by atoms with E-state index in [1.165, 1.54) is 109 Å². The quantitative estimate of drug-likeness (QED) is 0.0392. The van der Waals surface area contributed by atoms with E-state index in [-0.39, 0.29) is 31.6 Å². The molecule has 0 aliphatic carbocycles. The van der Waals surface area contributed by atoms with Crippen LogP contribution in [0, 0.1) is 0 Å². The number of unbranched alkanes of at least 4 members (excludes halogenated alkanes) is 20. The van der Waals surface area contributed by atoms with Crippen LogP contribution in [0.5, 0.6) is 0 Å². The summed E-state index contributed by atoms with van der Waals surface area (Å²) in [5, 5.41) is 9.56. The highest BCUT2D eigenvalue weighted by atomic mass is 16.6. The molecule has 294 valence electrons. The van der Waals surface area contributed by atoms with Crippen LogP contribution in [-0.4, -0.2) is 36.4 Å². The Morgan fingerprint density at radius 1 is 0.471 bits per heavy atom. The van der Waals surface area contributed by atoms with Gasteiger partial charge in [-0.1, -0.05) is 197 Å². The molecule has 0 aliphatic rings. The lowest BCUT2D eigenvalue weighted by Gasteiger charge is -2.15. The fourth-order valence-electron chi connectivity index (χ4n) is 5.88. The van der Waals surface area contributed by atoms with Crippen LogP contribution < -0.4 is 0 Å². The number of carbonyl (C=O) groups is 2. The highest BCUT2D eigenvalue weighted by Gasteiger charge is 2.16. The summed E-state index contributed by atoms with van der Waals surface area (Å²) in [7, 11) is 0. The van der Waals surface area contributed by atoms with Crippen molar-refractivity contribution in [2.75, 3.05) is 13.2 Å². The average Bonchev–Trinajstić information content (AvgIpc) is 3.13. The first-order chi connectivity index (χ1) is 25.1. The second kappa shape index (κ2) is 42.0. The van der Waals surface area contributed by atoms with Gasteiger partial charge in [0.2, 0.25) is 0 Å². The maximum atomic E-state index is 12.2. The van der Waals surface area contributed by atoms with E-state index in [0.717, 1.165) is 57.8 Å². The predicted molar refractivity (Wildman–Crippen MR) is 219 cm³/mol. The van der Waals surface area contributed by atoms with E-state index in [9.17, 15) is 14.7 Å². The van der Waals surface area contributed by atoms with Crippen molar-refractivity contribution >= 4 is 11.9 Å². The lowest BCUT2D eigenvalue weighted by atomic mass is 10.0. The maximum Gasteiger partial charge on any atom is 0.306 e. The number of carbonyl (C=O) groups excluding carboxylic acids is 2. The zero-order valence-electron chi connectivity index (χ0n) is 33.4. The minimum atomic E-state index is -0.801. The van der Waals surface area contributed by atoms with E-state index in [2.05, 4.69) is 74.6 Å². The number of hydrogen-bond donors (Lipinski definition) is 1. The van der Waals surface area contributed by atoms with Crippen LogP contribution >= 0.6 is 0 Å². The summed E-state index contributed by atoms with van der Waals surface area (Å²) in [6.45, 7) is 3.99. The predicted octanol–water partition coefficient (Wildman–Crippen LogP) is 13.6. The highest BCUT2D eigenvalue weighted by Crippen LogP contribution is 2.15. The third kappa shape index (κ3) is 40.2. The van der Waals surface area contributed by atoms with Crippen LogP contribution in [0.15, 0.2) is 60.8 Å². The summed E-state index contributed by atoms with van der Waals surface area (Å²) in [4.78, 5) is 24.3. The normalized spacial score (nSPS) is 12.8. The van der Waals surface area contributed by atoms with Crippen molar-refractivity contribution in [3.05, 3.63) is 60.8 Å². The second-order valence-electron chi connectivity index (χ2n) is 14.0. The molecule has 0 bridgehead atoms. The van der Waals surface area contributed by atoms with E-state index in [4.69, 9.17) is 9.47 Å². The fourth-order valence-corrected chi connectivity index (χ4v) is 5.88. The molecule has 0 saturated carbocycles. The Kier molecular flexibility index (Phi) is 40.0. The molecule has 0 spiro atoms. The van der Waals surface area contributed by atoms with Gasteiger partial charge in [-0.2, -0.15) is 0 Å². The molecule has 0 saturated heterocycles. The van der Waals surface area contributed by atoms with Crippen LogP contribution in [0.3, 0.4) is 0 Å². The molecule has 0 rings (SSSR count). The third-order valence-corrected chi connectivity index (χ3v) is 9.08. The number of ether oxygens (including phenoxy) is 2. The number of allylic oxidation sites excluding steroid dienone is 10. The second-order valence-corrected chi connectivity index (χ2v) is 14.0. The number of aliphatic hydroxyl groups is 1. The third-order valence-electron chi connectivity index (χ3n) is 9.08. The molecule has 1 N–H and O–H groups in total. The first kappa shape index (κ1) is 48.6. The van der Waals surface area contributed by atoms with Gasteiger partial charge in [0.15, 0.2) is 6.10 Å². The molecular formula is C46H80O5.